The van der Waals surface area contributed by atoms with E-state index in [2.05, 4.69) is 25.9 Å². The predicted molar refractivity (Wildman–Crippen MR) is 73.0 cm³/mol. The fourth-order valence-electron chi connectivity index (χ4n) is 1.43. The molecule has 1 amide bonds. The highest BCUT2D eigenvalue weighted by Crippen LogP contribution is 2.29. The first kappa shape index (κ1) is 17.0. The van der Waals surface area contributed by atoms with Crippen LogP contribution in [0.4, 0.5) is 24.9 Å². The van der Waals surface area contributed by atoms with E-state index in [4.69, 9.17) is 0 Å². The van der Waals surface area contributed by atoms with E-state index in [1.165, 1.54) is 6.92 Å². The molecule has 1 heterocycles. The maximum absolute atomic E-state index is 12.8. The molecular formula is C12H18F3N5O. The van der Waals surface area contributed by atoms with Crippen molar-refractivity contribution in [1.82, 2.24) is 15.3 Å². The van der Waals surface area contributed by atoms with Crippen LogP contribution >= 0.6 is 0 Å². The Morgan fingerprint density at radius 1 is 1.19 bits per heavy atom. The van der Waals surface area contributed by atoms with Gasteiger partial charge in [-0.15, -0.1) is 0 Å². The average Bonchev–Trinajstić information content (AvgIpc) is 2.40. The molecular weight excluding hydrogens is 287 g/mol. The van der Waals surface area contributed by atoms with E-state index in [0.29, 0.717) is 13.1 Å². The zero-order valence-corrected chi connectivity index (χ0v) is 11.8. The highest BCUT2D eigenvalue weighted by atomic mass is 19.4. The summed E-state index contributed by atoms with van der Waals surface area (Å²) in [6.45, 7) is 4.28. The Morgan fingerprint density at radius 2 is 1.90 bits per heavy atom. The lowest BCUT2D eigenvalue weighted by Gasteiger charge is -2.12. The number of nitrogens with zero attached hydrogens (tertiary/aromatic N) is 2. The molecule has 1 aromatic rings. The number of alkyl halides is 3. The molecule has 9 heteroatoms. The number of halogens is 3. The van der Waals surface area contributed by atoms with E-state index >= 15 is 0 Å². The minimum absolute atomic E-state index is 0.0567. The van der Waals surface area contributed by atoms with E-state index in [0.717, 1.165) is 12.5 Å². The van der Waals surface area contributed by atoms with Gasteiger partial charge in [-0.3, -0.25) is 4.79 Å². The molecule has 0 aliphatic rings. The average molecular weight is 305 g/mol. The molecule has 0 bridgehead atoms. The SMILES string of the molecule is CCCNc1nc(NCCNC(C)=O)cc(C(F)(F)F)n1. The summed E-state index contributed by atoms with van der Waals surface area (Å²) < 4.78 is 38.3. The molecule has 118 valence electrons. The van der Waals surface area contributed by atoms with Gasteiger partial charge in [0.05, 0.1) is 0 Å². The zero-order valence-electron chi connectivity index (χ0n) is 11.8. The summed E-state index contributed by atoms with van der Waals surface area (Å²) >= 11 is 0. The molecule has 0 atom stereocenters. The number of hydrogen-bond donors (Lipinski definition) is 3. The van der Waals surface area contributed by atoms with Crippen LogP contribution in [0.3, 0.4) is 0 Å². The molecule has 1 rings (SSSR count). The number of hydrogen-bond acceptors (Lipinski definition) is 5. The van der Waals surface area contributed by atoms with Crippen molar-refractivity contribution in [3.05, 3.63) is 11.8 Å². The molecule has 0 saturated heterocycles. The summed E-state index contributed by atoms with van der Waals surface area (Å²) in [5.41, 5.74) is -1.02. The molecule has 21 heavy (non-hydrogen) atoms. The van der Waals surface area contributed by atoms with Crippen LogP contribution in [0.15, 0.2) is 6.07 Å². The van der Waals surface area contributed by atoms with Crippen LogP contribution in [0.25, 0.3) is 0 Å². The molecule has 0 aromatic carbocycles. The van der Waals surface area contributed by atoms with Gasteiger partial charge in [-0.25, -0.2) is 4.98 Å². The number of nitrogens with one attached hydrogen (secondary N) is 3. The first-order valence-electron chi connectivity index (χ1n) is 6.51. The molecule has 0 unspecified atom stereocenters. The summed E-state index contributed by atoms with van der Waals surface area (Å²) in [5, 5.41) is 7.97. The van der Waals surface area contributed by atoms with Gasteiger partial charge in [-0.2, -0.15) is 18.2 Å². The third kappa shape index (κ3) is 6.28. The quantitative estimate of drug-likeness (QED) is 0.670. The van der Waals surface area contributed by atoms with Crippen LogP contribution < -0.4 is 16.0 Å². The lowest BCUT2D eigenvalue weighted by atomic mass is 10.3. The van der Waals surface area contributed by atoms with Crippen LogP contribution in [-0.4, -0.2) is 35.5 Å². The number of anilines is 2. The standard InChI is InChI=1S/C12H18F3N5O/c1-3-4-18-11-19-9(12(13,14)15)7-10(20-11)17-6-5-16-8(2)21/h7H,3-6H2,1-2H3,(H,16,21)(H2,17,18,19,20). The van der Waals surface area contributed by atoms with Crippen molar-refractivity contribution in [2.24, 2.45) is 0 Å². The third-order valence-corrected chi connectivity index (χ3v) is 2.35. The van der Waals surface area contributed by atoms with E-state index in [-0.39, 0.29) is 24.2 Å². The Balaban J connectivity index is 2.78. The van der Waals surface area contributed by atoms with Crippen LogP contribution in [0, 0.1) is 0 Å². The summed E-state index contributed by atoms with van der Waals surface area (Å²) in [7, 11) is 0. The predicted octanol–water partition coefficient (Wildman–Crippen LogP) is 1.87. The van der Waals surface area contributed by atoms with E-state index < -0.39 is 11.9 Å². The molecule has 0 fully saturated rings. The number of carbonyl (C=O) groups excluding carboxylic acids is 1. The van der Waals surface area contributed by atoms with Crippen molar-refractivity contribution in [3.8, 4) is 0 Å². The van der Waals surface area contributed by atoms with Crippen molar-refractivity contribution in [1.29, 1.82) is 0 Å². The highest BCUT2D eigenvalue weighted by molar-refractivity contribution is 5.72. The van der Waals surface area contributed by atoms with Gasteiger partial charge in [0.15, 0.2) is 5.69 Å². The second kappa shape index (κ2) is 7.65. The fraction of sp³-hybridized carbons (Fsp3) is 0.583. The summed E-state index contributed by atoms with van der Waals surface area (Å²) in [6, 6.07) is 0.838. The van der Waals surface area contributed by atoms with Crippen LogP contribution in [0.2, 0.25) is 0 Å². The Hall–Kier alpha value is -2.06. The van der Waals surface area contributed by atoms with Gasteiger partial charge in [-0.1, -0.05) is 6.92 Å². The Morgan fingerprint density at radius 3 is 2.48 bits per heavy atom. The van der Waals surface area contributed by atoms with Crippen molar-refractivity contribution in [2.75, 3.05) is 30.3 Å². The second-order valence-electron chi connectivity index (χ2n) is 4.30. The molecule has 0 aliphatic carbocycles. The van der Waals surface area contributed by atoms with Crippen molar-refractivity contribution in [3.63, 3.8) is 0 Å². The number of rotatable bonds is 7. The van der Waals surface area contributed by atoms with Crippen molar-refractivity contribution < 1.29 is 18.0 Å². The van der Waals surface area contributed by atoms with Crippen LogP contribution in [0.5, 0.6) is 0 Å². The van der Waals surface area contributed by atoms with E-state index in [9.17, 15) is 18.0 Å². The summed E-state index contributed by atoms with van der Waals surface area (Å²) in [6.07, 6.45) is -3.80. The van der Waals surface area contributed by atoms with Crippen LogP contribution in [-0.2, 0) is 11.0 Å². The summed E-state index contributed by atoms with van der Waals surface area (Å²) in [5.74, 6) is -0.226. The molecule has 0 radical (unpaired) electrons. The first-order chi connectivity index (χ1) is 9.82. The molecule has 6 nitrogen and oxygen atoms in total. The second-order valence-corrected chi connectivity index (χ2v) is 4.30. The van der Waals surface area contributed by atoms with Crippen molar-refractivity contribution in [2.45, 2.75) is 26.4 Å². The molecule has 0 saturated carbocycles. The highest BCUT2D eigenvalue weighted by Gasteiger charge is 2.33. The molecule has 3 N–H and O–H groups in total. The Kier molecular flexibility index (Phi) is 6.19. The monoisotopic (exact) mass is 305 g/mol. The number of carbonyl (C=O) groups is 1. The zero-order chi connectivity index (χ0) is 15.9. The normalized spacial score (nSPS) is 11.1. The van der Waals surface area contributed by atoms with Gasteiger partial charge in [0.1, 0.15) is 5.82 Å². The third-order valence-electron chi connectivity index (χ3n) is 2.35. The lowest BCUT2D eigenvalue weighted by molar-refractivity contribution is -0.141. The van der Waals surface area contributed by atoms with Crippen LogP contribution in [0.1, 0.15) is 26.0 Å². The van der Waals surface area contributed by atoms with Gasteiger partial charge in [0.2, 0.25) is 11.9 Å². The maximum atomic E-state index is 12.8. The van der Waals surface area contributed by atoms with Crippen molar-refractivity contribution >= 4 is 17.7 Å². The Labute approximate surface area is 120 Å². The Bertz CT molecular complexity index is 478. The topological polar surface area (TPSA) is 78.9 Å². The number of aromatic nitrogens is 2. The smallest absolute Gasteiger partial charge is 0.368 e. The molecule has 1 aromatic heterocycles. The molecule has 0 aliphatic heterocycles. The number of amides is 1. The first-order valence-corrected chi connectivity index (χ1v) is 6.51. The lowest BCUT2D eigenvalue weighted by Crippen LogP contribution is -2.26. The van der Waals surface area contributed by atoms with E-state index in [1.807, 2.05) is 6.92 Å². The van der Waals surface area contributed by atoms with Gasteiger partial charge in [0, 0.05) is 32.6 Å². The van der Waals surface area contributed by atoms with Gasteiger partial charge < -0.3 is 16.0 Å². The maximum Gasteiger partial charge on any atom is 0.433 e. The summed E-state index contributed by atoms with van der Waals surface area (Å²) in [4.78, 5) is 18.1. The minimum atomic E-state index is -4.54. The van der Waals surface area contributed by atoms with E-state index in [1.54, 1.807) is 0 Å². The fourth-order valence-corrected chi connectivity index (χ4v) is 1.43. The van der Waals surface area contributed by atoms with Gasteiger partial charge >= 0.3 is 6.18 Å². The minimum Gasteiger partial charge on any atom is -0.368 e. The van der Waals surface area contributed by atoms with Gasteiger partial charge in [0.25, 0.3) is 0 Å². The van der Waals surface area contributed by atoms with Gasteiger partial charge in [-0.05, 0) is 6.42 Å². The largest absolute Gasteiger partial charge is 0.433 e. The molecule has 0 spiro atoms.